The monoisotopic (exact) mass is 252 g/mol. The average molecular weight is 252 g/mol. The molecule has 7 heteroatoms. The Kier molecular flexibility index (Phi) is 3.19. The minimum absolute atomic E-state index is 0.0285. The number of rotatable bonds is 4. The maximum Gasteiger partial charge on any atom is 0.358 e. The van der Waals surface area contributed by atoms with Gasteiger partial charge in [-0.2, -0.15) is 0 Å². The van der Waals surface area contributed by atoms with Crippen LogP contribution in [0.4, 0.5) is 0 Å². The van der Waals surface area contributed by atoms with Crippen LogP contribution in [0.5, 0.6) is 0 Å². The van der Waals surface area contributed by atoms with Crippen molar-refractivity contribution in [3.63, 3.8) is 0 Å². The Labute approximate surface area is 102 Å². The summed E-state index contributed by atoms with van der Waals surface area (Å²) in [5, 5.41) is 19.4. The predicted molar refractivity (Wildman–Crippen MR) is 62.3 cm³/mol. The van der Waals surface area contributed by atoms with Crippen molar-refractivity contribution in [2.24, 2.45) is 0 Å². The van der Waals surface area contributed by atoms with Crippen LogP contribution in [0, 0.1) is 6.92 Å². The van der Waals surface area contributed by atoms with E-state index >= 15 is 0 Å². The Hall–Kier alpha value is -1.76. The summed E-state index contributed by atoms with van der Waals surface area (Å²) in [6.45, 7) is 4.28. The SMILES string of the molecule is CCc1c(C(=O)O)nnn1Cc1nc(C)cs1. The van der Waals surface area contributed by atoms with E-state index in [0.717, 1.165) is 10.7 Å². The summed E-state index contributed by atoms with van der Waals surface area (Å²) >= 11 is 1.53. The van der Waals surface area contributed by atoms with E-state index in [4.69, 9.17) is 5.11 Å². The van der Waals surface area contributed by atoms with Crippen molar-refractivity contribution < 1.29 is 9.90 Å². The van der Waals surface area contributed by atoms with Crippen LogP contribution in [0.3, 0.4) is 0 Å². The number of hydrogen-bond acceptors (Lipinski definition) is 5. The third-order valence-electron chi connectivity index (χ3n) is 2.33. The molecule has 17 heavy (non-hydrogen) atoms. The molecule has 0 aliphatic carbocycles. The number of hydrogen-bond donors (Lipinski definition) is 1. The van der Waals surface area contributed by atoms with Crippen LogP contribution in [0.25, 0.3) is 0 Å². The van der Waals surface area contributed by atoms with E-state index in [-0.39, 0.29) is 5.69 Å². The number of carbonyl (C=O) groups is 1. The lowest BCUT2D eigenvalue weighted by Gasteiger charge is -2.02. The number of thiazole rings is 1. The first-order chi connectivity index (χ1) is 8.11. The molecule has 0 saturated heterocycles. The third kappa shape index (κ3) is 2.33. The van der Waals surface area contributed by atoms with Crippen LogP contribution in [0.15, 0.2) is 5.38 Å². The zero-order valence-electron chi connectivity index (χ0n) is 9.54. The lowest BCUT2D eigenvalue weighted by molar-refractivity contribution is 0.0689. The topological polar surface area (TPSA) is 80.9 Å². The molecule has 0 radical (unpaired) electrons. The summed E-state index contributed by atoms with van der Waals surface area (Å²) in [7, 11) is 0. The summed E-state index contributed by atoms with van der Waals surface area (Å²) in [6, 6.07) is 0. The maximum absolute atomic E-state index is 10.9. The van der Waals surface area contributed by atoms with E-state index in [1.807, 2.05) is 19.2 Å². The van der Waals surface area contributed by atoms with Gasteiger partial charge in [-0.25, -0.2) is 14.5 Å². The quantitative estimate of drug-likeness (QED) is 0.888. The smallest absolute Gasteiger partial charge is 0.358 e. The first-order valence-corrected chi connectivity index (χ1v) is 6.06. The maximum atomic E-state index is 10.9. The molecule has 1 N–H and O–H groups in total. The normalized spacial score (nSPS) is 10.7. The molecule has 0 bridgehead atoms. The molecular formula is C10H12N4O2S. The lowest BCUT2D eigenvalue weighted by Crippen LogP contribution is -2.08. The van der Waals surface area contributed by atoms with Gasteiger partial charge in [0.1, 0.15) is 5.01 Å². The molecule has 0 amide bonds. The fourth-order valence-electron chi connectivity index (χ4n) is 1.58. The van der Waals surface area contributed by atoms with Crippen LogP contribution in [-0.4, -0.2) is 31.1 Å². The molecular weight excluding hydrogens is 240 g/mol. The molecule has 2 aromatic heterocycles. The second-order valence-corrected chi connectivity index (χ2v) is 4.53. The van der Waals surface area contributed by atoms with Crippen molar-refractivity contribution in [1.82, 2.24) is 20.0 Å². The fraction of sp³-hybridized carbons (Fsp3) is 0.400. The molecule has 90 valence electrons. The van der Waals surface area contributed by atoms with Crippen molar-refractivity contribution >= 4 is 17.3 Å². The largest absolute Gasteiger partial charge is 0.476 e. The number of carboxylic acid groups (broad SMARTS) is 1. The summed E-state index contributed by atoms with van der Waals surface area (Å²) in [4.78, 5) is 15.2. The molecule has 2 rings (SSSR count). The van der Waals surface area contributed by atoms with Crippen molar-refractivity contribution in [2.45, 2.75) is 26.8 Å². The van der Waals surface area contributed by atoms with Crippen molar-refractivity contribution in [1.29, 1.82) is 0 Å². The molecule has 0 unspecified atom stereocenters. The zero-order chi connectivity index (χ0) is 12.4. The molecule has 0 atom stereocenters. The van der Waals surface area contributed by atoms with Gasteiger partial charge in [-0.3, -0.25) is 0 Å². The molecule has 0 fully saturated rings. The van der Waals surface area contributed by atoms with E-state index in [1.165, 1.54) is 11.3 Å². The second-order valence-electron chi connectivity index (χ2n) is 3.58. The van der Waals surface area contributed by atoms with Gasteiger partial charge in [0, 0.05) is 11.1 Å². The summed E-state index contributed by atoms with van der Waals surface area (Å²) < 4.78 is 1.60. The van der Waals surface area contributed by atoms with Gasteiger partial charge >= 0.3 is 5.97 Å². The fourth-order valence-corrected chi connectivity index (χ4v) is 2.33. The Balaban J connectivity index is 2.30. The van der Waals surface area contributed by atoms with E-state index < -0.39 is 5.97 Å². The Bertz CT molecular complexity index is 546. The van der Waals surface area contributed by atoms with Gasteiger partial charge < -0.3 is 5.11 Å². The minimum atomic E-state index is -1.04. The van der Waals surface area contributed by atoms with Crippen LogP contribution in [0.1, 0.15) is 33.8 Å². The lowest BCUT2D eigenvalue weighted by atomic mass is 10.2. The van der Waals surface area contributed by atoms with Gasteiger partial charge in [0.05, 0.1) is 12.2 Å². The predicted octanol–water partition coefficient (Wildman–Crippen LogP) is 1.35. The molecule has 2 aromatic rings. The van der Waals surface area contributed by atoms with E-state index in [9.17, 15) is 4.79 Å². The molecule has 0 aromatic carbocycles. The Morgan fingerprint density at radius 2 is 2.35 bits per heavy atom. The number of carboxylic acids is 1. The van der Waals surface area contributed by atoms with Crippen molar-refractivity contribution in [2.75, 3.05) is 0 Å². The molecule has 0 aliphatic heterocycles. The molecule has 0 spiro atoms. The highest BCUT2D eigenvalue weighted by Gasteiger charge is 2.17. The van der Waals surface area contributed by atoms with Gasteiger partial charge in [0.25, 0.3) is 0 Å². The van der Waals surface area contributed by atoms with Crippen molar-refractivity contribution in [3.8, 4) is 0 Å². The minimum Gasteiger partial charge on any atom is -0.476 e. The molecule has 0 saturated carbocycles. The van der Waals surface area contributed by atoms with Gasteiger partial charge in [-0.15, -0.1) is 16.4 Å². The summed E-state index contributed by atoms with van der Waals surface area (Å²) in [5.41, 5.74) is 1.62. The highest BCUT2D eigenvalue weighted by Crippen LogP contribution is 2.13. The first kappa shape index (κ1) is 11.7. The highest BCUT2D eigenvalue weighted by molar-refractivity contribution is 7.09. The number of aromatic nitrogens is 4. The van der Waals surface area contributed by atoms with E-state index in [1.54, 1.807) is 4.68 Å². The van der Waals surface area contributed by atoms with Gasteiger partial charge in [0.2, 0.25) is 0 Å². The molecule has 0 aliphatic rings. The van der Waals surface area contributed by atoms with Crippen LogP contribution in [0.2, 0.25) is 0 Å². The van der Waals surface area contributed by atoms with Gasteiger partial charge in [0.15, 0.2) is 5.69 Å². The van der Waals surface area contributed by atoms with Crippen LogP contribution in [-0.2, 0) is 13.0 Å². The van der Waals surface area contributed by atoms with E-state index in [0.29, 0.717) is 18.7 Å². The zero-order valence-corrected chi connectivity index (χ0v) is 10.4. The number of aryl methyl sites for hydroxylation is 1. The van der Waals surface area contributed by atoms with Crippen molar-refractivity contribution in [3.05, 3.63) is 27.5 Å². The van der Waals surface area contributed by atoms with Gasteiger partial charge in [-0.05, 0) is 13.3 Å². The van der Waals surface area contributed by atoms with Gasteiger partial charge in [-0.1, -0.05) is 12.1 Å². The molecule has 2 heterocycles. The highest BCUT2D eigenvalue weighted by atomic mass is 32.1. The van der Waals surface area contributed by atoms with Crippen LogP contribution < -0.4 is 0 Å². The standard InChI is InChI=1S/C10H12N4O2S/c1-3-7-9(10(15)16)12-13-14(7)4-8-11-6(2)5-17-8/h5H,3-4H2,1-2H3,(H,15,16). The van der Waals surface area contributed by atoms with E-state index in [2.05, 4.69) is 15.3 Å². The third-order valence-corrected chi connectivity index (χ3v) is 3.28. The van der Waals surface area contributed by atoms with Crippen LogP contribution >= 0.6 is 11.3 Å². The summed E-state index contributed by atoms with van der Waals surface area (Å²) in [5.74, 6) is -1.04. The Morgan fingerprint density at radius 1 is 1.59 bits per heavy atom. The Morgan fingerprint density at radius 3 is 2.88 bits per heavy atom. The first-order valence-electron chi connectivity index (χ1n) is 5.18. The number of nitrogens with zero attached hydrogens (tertiary/aromatic N) is 4. The average Bonchev–Trinajstić information content (AvgIpc) is 2.85. The number of aromatic carboxylic acids is 1. The molecule has 6 nitrogen and oxygen atoms in total. The summed E-state index contributed by atoms with van der Waals surface area (Å²) in [6.07, 6.45) is 0.582. The second kappa shape index (κ2) is 4.62.